The van der Waals surface area contributed by atoms with Gasteiger partial charge in [-0.1, -0.05) is 17.2 Å². The van der Waals surface area contributed by atoms with Crippen molar-refractivity contribution in [3.8, 4) is 0 Å². The number of hydrogen-bond acceptors (Lipinski definition) is 5. The van der Waals surface area contributed by atoms with Gasteiger partial charge >= 0.3 is 5.97 Å². The molecule has 1 aliphatic heterocycles. The van der Waals surface area contributed by atoms with E-state index in [4.69, 9.17) is 4.84 Å². The maximum Gasteiger partial charge on any atom is 0.365 e. The second-order valence-corrected chi connectivity index (χ2v) is 5.35. The van der Waals surface area contributed by atoms with E-state index in [1.165, 1.54) is 12.1 Å². The van der Waals surface area contributed by atoms with Gasteiger partial charge in [0.2, 0.25) is 0 Å². The fourth-order valence-corrected chi connectivity index (χ4v) is 2.73. The molecule has 3 heterocycles. The van der Waals surface area contributed by atoms with E-state index in [0.29, 0.717) is 10.8 Å². The quantitative estimate of drug-likeness (QED) is 0.674. The molecule has 0 radical (unpaired) electrons. The number of rotatable bonds is 2. The molecule has 0 saturated carbocycles. The zero-order valence-corrected chi connectivity index (χ0v) is 12.6. The van der Waals surface area contributed by atoms with Crippen molar-refractivity contribution in [1.29, 1.82) is 0 Å². The Morgan fingerprint density at radius 1 is 1.04 bits per heavy atom. The lowest BCUT2D eigenvalue weighted by molar-refractivity contribution is -0.0585. The highest BCUT2D eigenvalue weighted by molar-refractivity contribution is 6.21. The minimum Gasteiger partial charge on any atom is -0.324 e. The Kier molecular flexibility index (Phi) is 2.96. The van der Waals surface area contributed by atoms with E-state index < -0.39 is 17.8 Å². The number of fused-ring (bicyclic) bond motifs is 2. The summed E-state index contributed by atoms with van der Waals surface area (Å²) >= 11 is 0. The molecular formula is C17H11N3O4. The molecule has 7 heteroatoms. The molecule has 118 valence electrons. The summed E-state index contributed by atoms with van der Waals surface area (Å²) in [6, 6.07) is 9.61. The van der Waals surface area contributed by atoms with E-state index in [2.05, 4.69) is 4.98 Å². The molecule has 0 atom stereocenters. The van der Waals surface area contributed by atoms with Crippen molar-refractivity contribution in [2.75, 3.05) is 0 Å². The Bertz CT molecular complexity index is 987. The Hall–Kier alpha value is -3.48. The van der Waals surface area contributed by atoms with Gasteiger partial charge in [0.25, 0.3) is 11.8 Å². The van der Waals surface area contributed by atoms with Gasteiger partial charge in [0, 0.05) is 5.69 Å². The van der Waals surface area contributed by atoms with Gasteiger partial charge in [-0.2, -0.15) is 0 Å². The number of aryl methyl sites for hydroxylation is 1. The number of imide groups is 1. The van der Waals surface area contributed by atoms with Crippen molar-refractivity contribution < 1.29 is 19.2 Å². The number of pyridine rings is 1. The van der Waals surface area contributed by atoms with Gasteiger partial charge in [-0.05, 0) is 31.2 Å². The van der Waals surface area contributed by atoms with Crippen LogP contribution in [0.4, 0.5) is 0 Å². The first-order chi connectivity index (χ1) is 11.6. The number of nitrogens with zero attached hydrogens (tertiary/aromatic N) is 3. The SMILES string of the molecule is Cc1c(C(=O)ON2C(=O)c3ccccc3C2=O)ccc2cncn12. The van der Waals surface area contributed by atoms with E-state index in [9.17, 15) is 14.4 Å². The molecule has 7 nitrogen and oxygen atoms in total. The first-order valence-corrected chi connectivity index (χ1v) is 7.19. The second-order valence-electron chi connectivity index (χ2n) is 5.35. The van der Waals surface area contributed by atoms with E-state index in [0.717, 1.165) is 5.52 Å². The molecule has 4 rings (SSSR count). The average molecular weight is 321 g/mol. The zero-order valence-electron chi connectivity index (χ0n) is 12.6. The summed E-state index contributed by atoms with van der Waals surface area (Å²) < 4.78 is 1.72. The molecule has 0 N–H and O–H groups in total. The highest BCUT2D eigenvalue weighted by atomic mass is 16.7. The van der Waals surface area contributed by atoms with Gasteiger partial charge in [0.1, 0.15) is 0 Å². The first-order valence-electron chi connectivity index (χ1n) is 7.19. The number of carbonyl (C=O) groups excluding carboxylic acids is 3. The number of benzene rings is 1. The third-order valence-corrected chi connectivity index (χ3v) is 3.99. The molecule has 24 heavy (non-hydrogen) atoms. The van der Waals surface area contributed by atoms with Crippen LogP contribution in [-0.4, -0.2) is 32.2 Å². The first kappa shape index (κ1) is 14.1. The summed E-state index contributed by atoms with van der Waals surface area (Å²) in [5, 5.41) is 0.505. The molecule has 2 amide bonds. The van der Waals surface area contributed by atoms with E-state index in [-0.39, 0.29) is 16.7 Å². The van der Waals surface area contributed by atoms with Crippen molar-refractivity contribution in [1.82, 2.24) is 14.4 Å². The Balaban J connectivity index is 1.66. The fraction of sp³-hybridized carbons (Fsp3) is 0.0588. The van der Waals surface area contributed by atoms with Crippen LogP contribution in [0.1, 0.15) is 36.8 Å². The normalized spacial score (nSPS) is 13.5. The number of amides is 2. The van der Waals surface area contributed by atoms with Gasteiger partial charge in [-0.3, -0.25) is 9.59 Å². The Labute approximate surface area is 136 Å². The second kappa shape index (κ2) is 5.02. The minimum absolute atomic E-state index is 0.220. The third-order valence-electron chi connectivity index (χ3n) is 3.99. The number of imidazole rings is 1. The van der Waals surface area contributed by atoms with Crippen molar-refractivity contribution >= 4 is 23.3 Å². The third kappa shape index (κ3) is 1.91. The van der Waals surface area contributed by atoms with E-state index >= 15 is 0 Å². The summed E-state index contributed by atoms with van der Waals surface area (Å²) in [5.74, 6) is -2.08. The van der Waals surface area contributed by atoms with Gasteiger partial charge in [-0.15, -0.1) is 0 Å². The molecule has 1 aromatic carbocycles. The van der Waals surface area contributed by atoms with E-state index in [1.54, 1.807) is 48.1 Å². The number of carbonyl (C=O) groups is 3. The number of aromatic nitrogens is 2. The van der Waals surface area contributed by atoms with Crippen molar-refractivity contribution in [2.24, 2.45) is 0 Å². The predicted molar refractivity (Wildman–Crippen MR) is 82.3 cm³/mol. The van der Waals surface area contributed by atoms with Crippen molar-refractivity contribution in [2.45, 2.75) is 6.92 Å². The molecule has 0 unspecified atom stereocenters. The van der Waals surface area contributed by atoms with Crippen LogP contribution < -0.4 is 0 Å². The highest BCUT2D eigenvalue weighted by Gasteiger charge is 2.39. The van der Waals surface area contributed by atoms with Crippen molar-refractivity contribution in [3.63, 3.8) is 0 Å². The smallest absolute Gasteiger partial charge is 0.324 e. The summed E-state index contributed by atoms with van der Waals surface area (Å²) in [4.78, 5) is 46.0. The molecule has 2 aromatic heterocycles. The molecule has 0 aliphatic carbocycles. The molecule has 0 saturated heterocycles. The van der Waals surface area contributed by atoms with Crippen LogP contribution in [0.25, 0.3) is 5.52 Å². The van der Waals surface area contributed by atoms with Crippen LogP contribution in [0.15, 0.2) is 48.9 Å². The zero-order chi connectivity index (χ0) is 16.8. The lowest BCUT2D eigenvalue weighted by atomic mass is 10.1. The number of hydroxylamine groups is 2. The van der Waals surface area contributed by atoms with Gasteiger partial charge < -0.3 is 9.24 Å². The average Bonchev–Trinajstić information content (AvgIpc) is 3.15. The van der Waals surface area contributed by atoms with Crippen LogP contribution in [0.3, 0.4) is 0 Å². The summed E-state index contributed by atoms with van der Waals surface area (Å²) in [5.41, 5.74) is 2.11. The Morgan fingerprint density at radius 2 is 1.71 bits per heavy atom. The molecular weight excluding hydrogens is 310 g/mol. The number of hydrogen-bond donors (Lipinski definition) is 0. The van der Waals surface area contributed by atoms with Crippen LogP contribution in [0.2, 0.25) is 0 Å². The molecule has 0 fully saturated rings. The topological polar surface area (TPSA) is 81.0 Å². The molecule has 0 spiro atoms. The lowest BCUT2D eigenvalue weighted by Crippen LogP contribution is -2.33. The van der Waals surface area contributed by atoms with Gasteiger partial charge in [0.15, 0.2) is 0 Å². The molecule has 0 bridgehead atoms. The maximum absolute atomic E-state index is 12.4. The van der Waals surface area contributed by atoms with Crippen LogP contribution in [-0.2, 0) is 4.84 Å². The monoisotopic (exact) mass is 321 g/mol. The maximum atomic E-state index is 12.4. The fourth-order valence-electron chi connectivity index (χ4n) is 2.73. The minimum atomic E-state index is -0.780. The van der Waals surface area contributed by atoms with Gasteiger partial charge in [0.05, 0.1) is 34.7 Å². The lowest BCUT2D eigenvalue weighted by Gasteiger charge is -2.14. The largest absolute Gasteiger partial charge is 0.365 e. The Morgan fingerprint density at radius 3 is 2.38 bits per heavy atom. The van der Waals surface area contributed by atoms with Crippen molar-refractivity contribution in [3.05, 3.63) is 71.3 Å². The van der Waals surface area contributed by atoms with E-state index in [1.807, 2.05) is 0 Å². The highest BCUT2D eigenvalue weighted by Crippen LogP contribution is 2.24. The van der Waals surface area contributed by atoms with Crippen LogP contribution >= 0.6 is 0 Å². The van der Waals surface area contributed by atoms with Crippen LogP contribution in [0.5, 0.6) is 0 Å². The van der Waals surface area contributed by atoms with Crippen LogP contribution in [0, 0.1) is 6.92 Å². The standard InChI is InChI=1S/C17H11N3O4/c1-10-12(7-6-11-8-18-9-19(10)11)17(23)24-20-15(21)13-4-2-3-5-14(13)16(20)22/h2-9H,1H3. The molecule has 3 aromatic rings. The predicted octanol–water partition coefficient (Wildman–Crippen LogP) is 2.01. The van der Waals surface area contributed by atoms with Gasteiger partial charge in [-0.25, -0.2) is 9.78 Å². The summed E-state index contributed by atoms with van der Waals surface area (Å²) in [6.45, 7) is 1.73. The summed E-state index contributed by atoms with van der Waals surface area (Å²) in [7, 11) is 0. The summed E-state index contributed by atoms with van der Waals surface area (Å²) in [6.07, 6.45) is 3.23. The molecule has 1 aliphatic rings.